The van der Waals surface area contributed by atoms with Crippen molar-refractivity contribution in [2.75, 3.05) is 12.3 Å². The Morgan fingerprint density at radius 2 is 2.03 bits per heavy atom. The Labute approximate surface area is 173 Å². The van der Waals surface area contributed by atoms with Crippen LogP contribution in [0.15, 0.2) is 33.8 Å². The van der Waals surface area contributed by atoms with Gasteiger partial charge in [0.05, 0.1) is 22.9 Å². The predicted octanol–water partition coefficient (Wildman–Crippen LogP) is 1.44. The second-order valence-corrected chi connectivity index (χ2v) is 9.22. The minimum atomic E-state index is -3.71. The molecule has 11 heteroatoms. The number of aliphatic hydroxyl groups excluding tert-OH is 1. The number of benzene rings is 1. The van der Waals surface area contributed by atoms with Crippen molar-refractivity contribution in [3.8, 4) is 22.8 Å². The Morgan fingerprint density at radius 3 is 2.70 bits per heavy atom. The normalized spacial score (nSPS) is 18.9. The number of anilines is 1. The maximum absolute atomic E-state index is 12.7. The second-order valence-electron chi connectivity index (χ2n) is 7.46. The summed E-state index contributed by atoms with van der Waals surface area (Å²) >= 11 is 0. The van der Waals surface area contributed by atoms with Crippen molar-refractivity contribution in [1.82, 2.24) is 24.8 Å². The summed E-state index contributed by atoms with van der Waals surface area (Å²) in [6, 6.07) is 4.81. The number of nitrogens with one attached hydrogen (secondary N) is 1. The number of nitrogen functional groups attached to an aromatic ring is 1. The van der Waals surface area contributed by atoms with Crippen molar-refractivity contribution < 1.29 is 18.0 Å². The highest BCUT2D eigenvalue weighted by Crippen LogP contribution is 2.29. The molecule has 4 rings (SSSR count). The monoisotopic (exact) mass is 430 g/mol. The molecule has 1 aliphatic rings. The first-order valence-corrected chi connectivity index (χ1v) is 10.9. The minimum Gasteiger partial charge on any atom is -0.393 e. The smallest absolute Gasteiger partial charge is 0.280 e. The third kappa shape index (κ3) is 4.04. The van der Waals surface area contributed by atoms with Gasteiger partial charge in [-0.1, -0.05) is 11.2 Å². The van der Waals surface area contributed by atoms with Gasteiger partial charge in [-0.3, -0.25) is 0 Å². The van der Waals surface area contributed by atoms with Crippen molar-refractivity contribution in [2.45, 2.75) is 37.7 Å². The lowest BCUT2D eigenvalue weighted by Gasteiger charge is -2.31. The van der Waals surface area contributed by atoms with Gasteiger partial charge in [0.2, 0.25) is 10.0 Å². The van der Waals surface area contributed by atoms with Crippen LogP contribution in [0.25, 0.3) is 22.8 Å². The molecule has 0 amide bonds. The number of aryl methyl sites for hydroxylation is 2. The van der Waals surface area contributed by atoms with Crippen LogP contribution < -0.4 is 10.5 Å². The average molecular weight is 430 g/mol. The number of rotatable bonds is 6. The molecule has 30 heavy (non-hydrogen) atoms. The Hall–Kier alpha value is -2.89. The van der Waals surface area contributed by atoms with Gasteiger partial charge in [0.15, 0.2) is 17.3 Å². The quantitative estimate of drug-likeness (QED) is 0.526. The molecule has 0 spiro atoms. The Balaban J connectivity index is 1.65. The third-order valence-electron chi connectivity index (χ3n) is 5.10. The van der Waals surface area contributed by atoms with E-state index in [1.54, 1.807) is 25.1 Å². The van der Waals surface area contributed by atoms with E-state index in [-0.39, 0.29) is 34.3 Å². The van der Waals surface area contributed by atoms with Gasteiger partial charge in [-0.05, 0) is 50.3 Å². The van der Waals surface area contributed by atoms with E-state index in [0.29, 0.717) is 36.5 Å². The molecular formula is C19H22N6O4S. The summed E-state index contributed by atoms with van der Waals surface area (Å²) in [5, 5.41) is 13.1. The van der Waals surface area contributed by atoms with E-state index < -0.39 is 10.0 Å². The molecule has 0 atom stereocenters. The van der Waals surface area contributed by atoms with Gasteiger partial charge in [0, 0.05) is 12.1 Å². The molecule has 1 aromatic carbocycles. The van der Waals surface area contributed by atoms with Crippen LogP contribution in [0.2, 0.25) is 0 Å². The molecule has 1 aliphatic carbocycles. The molecule has 10 nitrogen and oxygen atoms in total. The first kappa shape index (κ1) is 20.4. The van der Waals surface area contributed by atoms with Crippen LogP contribution in [-0.2, 0) is 10.0 Å². The Morgan fingerprint density at radius 1 is 1.27 bits per heavy atom. The fourth-order valence-electron chi connectivity index (χ4n) is 3.30. The lowest BCUT2D eigenvalue weighted by Crippen LogP contribution is -2.38. The zero-order valence-corrected chi connectivity index (χ0v) is 17.3. The summed E-state index contributed by atoms with van der Waals surface area (Å²) in [5.74, 6) is 0.868. The van der Waals surface area contributed by atoms with Gasteiger partial charge in [-0.25, -0.2) is 23.1 Å². The molecule has 2 heterocycles. The maximum Gasteiger partial charge on any atom is 0.280 e. The van der Waals surface area contributed by atoms with Crippen LogP contribution in [0.3, 0.4) is 0 Å². The summed E-state index contributed by atoms with van der Waals surface area (Å²) in [6.45, 7) is 3.82. The molecule has 3 aromatic rings. The van der Waals surface area contributed by atoms with E-state index in [0.717, 1.165) is 5.56 Å². The van der Waals surface area contributed by atoms with Gasteiger partial charge in [0.25, 0.3) is 5.89 Å². The molecule has 0 unspecified atom stereocenters. The van der Waals surface area contributed by atoms with Crippen LogP contribution in [-0.4, -0.2) is 46.3 Å². The molecule has 0 radical (unpaired) electrons. The largest absolute Gasteiger partial charge is 0.393 e. The second kappa shape index (κ2) is 7.74. The molecule has 1 saturated carbocycles. The minimum absolute atomic E-state index is 0.122. The molecule has 1 fully saturated rings. The predicted molar refractivity (Wildman–Crippen MR) is 109 cm³/mol. The number of aliphatic hydroxyl groups is 1. The number of hydrogen-bond acceptors (Lipinski definition) is 9. The number of aromatic nitrogens is 4. The van der Waals surface area contributed by atoms with Crippen molar-refractivity contribution in [2.24, 2.45) is 5.92 Å². The van der Waals surface area contributed by atoms with E-state index in [2.05, 4.69) is 24.8 Å². The Bertz CT molecular complexity index is 1190. The van der Waals surface area contributed by atoms with Gasteiger partial charge in [-0.15, -0.1) is 0 Å². The average Bonchev–Trinajstić information content (AvgIpc) is 3.11. The van der Waals surface area contributed by atoms with Crippen LogP contribution in [0.5, 0.6) is 0 Å². The topological polar surface area (TPSA) is 157 Å². The first-order valence-electron chi connectivity index (χ1n) is 9.45. The lowest BCUT2D eigenvalue weighted by atomic mass is 9.83. The fraction of sp³-hybridized carbons (Fsp3) is 0.368. The van der Waals surface area contributed by atoms with Gasteiger partial charge < -0.3 is 15.4 Å². The van der Waals surface area contributed by atoms with E-state index in [9.17, 15) is 13.5 Å². The number of nitrogens with two attached hydrogens (primary N) is 1. The molecule has 158 valence electrons. The molecule has 4 N–H and O–H groups in total. The van der Waals surface area contributed by atoms with Crippen LogP contribution in [0, 0.1) is 19.8 Å². The van der Waals surface area contributed by atoms with Crippen molar-refractivity contribution in [3.63, 3.8) is 0 Å². The van der Waals surface area contributed by atoms with E-state index in [1.807, 2.05) is 6.92 Å². The van der Waals surface area contributed by atoms with Crippen LogP contribution >= 0.6 is 0 Å². The van der Waals surface area contributed by atoms with Crippen molar-refractivity contribution in [1.29, 1.82) is 0 Å². The van der Waals surface area contributed by atoms with Crippen LogP contribution in [0.4, 0.5) is 5.82 Å². The molecule has 0 aliphatic heterocycles. The zero-order valence-electron chi connectivity index (χ0n) is 16.5. The lowest BCUT2D eigenvalue weighted by molar-refractivity contribution is 0.0453. The highest BCUT2D eigenvalue weighted by Gasteiger charge is 2.28. The SMILES string of the molecule is Cc1noc(-c2nc(-c3cc(S(=O)(=O)NCC4CC(O)C4)ccc3C)cnc2N)n1. The molecule has 0 bridgehead atoms. The van der Waals surface area contributed by atoms with Crippen molar-refractivity contribution in [3.05, 3.63) is 35.8 Å². The zero-order chi connectivity index (χ0) is 21.5. The molecular weight excluding hydrogens is 408 g/mol. The number of sulfonamides is 1. The molecule has 2 aromatic heterocycles. The summed E-state index contributed by atoms with van der Waals surface area (Å²) in [7, 11) is -3.71. The Kier molecular flexibility index (Phi) is 5.26. The summed E-state index contributed by atoms with van der Waals surface area (Å²) < 4.78 is 33.2. The standard InChI is InChI=1S/C19H22N6O4S/c1-10-3-4-14(30(27,28)22-8-12-5-13(26)6-12)7-15(10)16-9-21-18(20)17(24-16)19-23-11(2)25-29-19/h3-4,7,9,12-13,22,26H,5-6,8H2,1-2H3,(H2,20,21). The fourth-order valence-corrected chi connectivity index (χ4v) is 4.44. The number of nitrogens with zero attached hydrogens (tertiary/aromatic N) is 4. The number of hydrogen-bond donors (Lipinski definition) is 3. The van der Waals surface area contributed by atoms with Gasteiger partial charge in [-0.2, -0.15) is 4.98 Å². The van der Waals surface area contributed by atoms with E-state index >= 15 is 0 Å². The molecule has 0 saturated heterocycles. The summed E-state index contributed by atoms with van der Waals surface area (Å²) in [4.78, 5) is 12.9. The van der Waals surface area contributed by atoms with Gasteiger partial charge in [0.1, 0.15) is 0 Å². The van der Waals surface area contributed by atoms with Crippen molar-refractivity contribution >= 4 is 15.8 Å². The van der Waals surface area contributed by atoms with Gasteiger partial charge >= 0.3 is 0 Å². The summed E-state index contributed by atoms with van der Waals surface area (Å²) in [5.41, 5.74) is 8.01. The van der Waals surface area contributed by atoms with Crippen LogP contribution in [0.1, 0.15) is 24.2 Å². The van der Waals surface area contributed by atoms with E-state index in [4.69, 9.17) is 10.3 Å². The third-order valence-corrected chi connectivity index (χ3v) is 6.52. The first-order chi connectivity index (χ1) is 14.2. The van der Waals surface area contributed by atoms with E-state index in [1.165, 1.54) is 6.20 Å². The summed E-state index contributed by atoms with van der Waals surface area (Å²) in [6.07, 6.45) is 2.37. The highest BCUT2D eigenvalue weighted by molar-refractivity contribution is 7.89. The highest BCUT2D eigenvalue weighted by atomic mass is 32.2. The maximum atomic E-state index is 12.7.